The molecule has 2 fully saturated rings. The largest absolute Gasteiger partial charge is 0.494 e. The number of hydrogen-bond donors (Lipinski definition) is 0. The predicted molar refractivity (Wildman–Crippen MR) is 80.4 cm³/mol. The van der Waals surface area contributed by atoms with E-state index >= 15 is 0 Å². The van der Waals surface area contributed by atoms with Crippen molar-refractivity contribution in [1.29, 1.82) is 5.26 Å². The molecular weight excluding hydrogens is 265 g/mol. The van der Waals surface area contributed by atoms with E-state index in [0.717, 1.165) is 11.0 Å². The van der Waals surface area contributed by atoms with Crippen LogP contribution >= 0.6 is 0 Å². The van der Waals surface area contributed by atoms with E-state index in [-0.39, 0.29) is 18.3 Å². The van der Waals surface area contributed by atoms with Crippen molar-refractivity contribution in [2.45, 2.75) is 44.8 Å². The van der Waals surface area contributed by atoms with Crippen molar-refractivity contribution in [3.63, 3.8) is 0 Å². The van der Waals surface area contributed by atoms with Crippen LogP contribution in [0.1, 0.15) is 44.7 Å². The van der Waals surface area contributed by atoms with Crippen LogP contribution in [-0.4, -0.2) is 31.5 Å². The maximum absolute atomic E-state index is 9.26. The molecule has 0 N–H and O–H groups in total. The van der Waals surface area contributed by atoms with Crippen molar-refractivity contribution >= 4 is 12.6 Å². The highest BCUT2D eigenvalue weighted by molar-refractivity contribution is 6.62. The highest BCUT2D eigenvalue weighted by Crippen LogP contribution is 2.37. The molecule has 0 saturated carbocycles. The SMILES string of the molecule is CC1(C)OB(c2ccc(C#N)c(C3COC3)c2)OC1(C)C. The van der Waals surface area contributed by atoms with Crippen LogP contribution in [0.25, 0.3) is 0 Å². The minimum absolute atomic E-state index is 0.307. The number of nitriles is 1. The van der Waals surface area contributed by atoms with Gasteiger partial charge in [0.1, 0.15) is 0 Å². The molecule has 2 aliphatic rings. The van der Waals surface area contributed by atoms with Gasteiger partial charge >= 0.3 is 7.12 Å². The van der Waals surface area contributed by atoms with Gasteiger partial charge in [-0.25, -0.2) is 0 Å². The van der Waals surface area contributed by atoms with Crippen molar-refractivity contribution in [1.82, 2.24) is 0 Å². The molecule has 110 valence electrons. The van der Waals surface area contributed by atoms with Gasteiger partial charge in [-0.1, -0.05) is 12.1 Å². The Bertz CT molecular complexity index is 586. The summed E-state index contributed by atoms with van der Waals surface area (Å²) in [4.78, 5) is 0. The molecule has 0 unspecified atom stereocenters. The van der Waals surface area contributed by atoms with Crippen LogP contribution in [0.2, 0.25) is 0 Å². The summed E-state index contributed by atoms with van der Waals surface area (Å²) in [6.07, 6.45) is 0. The van der Waals surface area contributed by atoms with E-state index in [4.69, 9.17) is 14.0 Å². The fraction of sp³-hybridized carbons (Fsp3) is 0.562. The second kappa shape index (κ2) is 4.84. The molecule has 0 aliphatic carbocycles. The lowest BCUT2D eigenvalue weighted by atomic mass is 9.76. The first-order valence-corrected chi connectivity index (χ1v) is 7.31. The van der Waals surface area contributed by atoms with Gasteiger partial charge in [-0.15, -0.1) is 0 Å². The molecule has 3 rings (SSSR count). The minimum Gasteiger partial charge on any atom is -0.399 e. The Morgan fingerprint density at radius 1 is 1.14 bits per heavy atom. The molecule has 0 bridgehead atoms. The molecule has 2 heterocycles. The number of ether oxygens (including phenoxy) is 1. The van der Waals surface area contributed by atoms with E-state index in [2.05, 4.69) is 6.07 Å². The smallest absolute Gasteiger partial charge is 0.399 e. The number of nitrogens with zero attached hydrogens (tertiary/aromatic N) is 1. The Morgan fingerprint density at radius 3 is 2.24 bits per heavy atom. The fourth-order valence-electron chi connectivity index (χ4n) is 2.56. The summed E-state index contributed by atoms with van der Waals surface area (Å²) in [6.45, 7) is 9.52. The molecule has 0 radical (unpaired) electrons. The Morgan fingerprint density at radius 2 is 1.76 bits per heavy atom. The van der Waals surface area contributed by atoms with E-state index in [1.165, 1.54) is 0 Å². The highest BCUT2D eigenvalue weighted by atomic mass is 16.7. The summed E-state index contributed by atoms with van der Waals surface area (Å²) in [6, 6.07) is 8.07. The first-order chi connectivity index (χ1) is 9.84. The minimum atomic E-state index is -0.387. The van der Waals surface area contributed by atoms with E-state index in [1.807, 2.05) is 45.9 Å². The topological polar surface area (TPSA) is 51.5 Å². The van der Waals surface area contributed by atoms with E-state index < -0.39 is 0 Å². The molecule has 2 saturated heterocycles. The van der Waals surface area contributed by atoms with Gasteiger partial charge in [0.05, 0.1) is 36.0 Å². The fourth-order valence-corrected chi connectivity index (χ4v) is 2.56. The third kappa shape index (κ3) is 2.38. The third-order valence-electron chi connectivity index (χ3n) is 4.80. The van der Waals surface area contributed by atoms with Crippen molar-refractivity contribution in [2.24, 2.45) is 0 Å². The summed E-state index contributed by atoms with van der Waals surface area (Å²) in [5.41, 5.74) is 2.01. The van der Waals surface area contributed by atoms with Gasteiger partial charge in [0.15, 0.2) is 0 Å². The van der Waals surface area contributed by atoms with Gasteiger partial charge in [0.25, 0.3) is 0 Å². The molecule has 4 nitrogen and oxygen atoms in total. The lowest BCUT2D eigenvalue weighted by Crippen LogP contribution is -2.41. The standard InChI is InChI=1S/C16H20BNO3/c1-15(2)16(3,4)21-17(20-15)13-6-5-11(8-18)14(7-13)12-9-19-10-12/h5-7,12H,9-10H2,1-4H3. The van der Waals surface area contributed by atoms with Crippen LogP contribution in [0.4, 0.5) is 0 Å². The van der Waals surface area contributed by atoms with Crippen molar-refractivity contribution < 1.29 is 14.0 Å². The highest BCUT2D eigenvalue weighted by Gasteiger charge is 2.51. The molecule has 5 heteroatoms. The lowest BCUT2D eigenvalue weighted by molar-refractivity contribution is 0.00578. The van der Waals surface area contributed by atoms with E-state index in [9.17, 15) is 5.26 Å². The van der Waals surface area contributed by atoms with Crippen molar-refractivity contribution in [2.75, 3.05) is 13.2 Å². The average Bonchev–Trinajstić information content (AvgIpc) is 2.56. The maximum Gasteiger partial charge on any atom is 0.494 e. The van der Waals surface area contributed by atoms with Crippen molar-refractivity contribution in [3.05, 3.63) is 29.3 Å². The summed E-state index contributed by atoms with van der Waals surface area (Å²) >= 11 is 0. The quantitative estimate of drug-likeness (QED) is 0.780. The molecule has 0 aromatic heterocycles. The number of rotatable bonds is 2. The van der Waals surface area contributed by atoms with Gasteiger partial charge in [-0.3, -0.25) is 0 Å². The molecule has 0 atom stereocenters. The zero-order valence-corrected chi connectivity index (χ0v) is 13.0. The van der Waals surface area contributed by atoms with Gasteiger partial charge in [0.2, 0.25) is 0 Å². The summed E-state index contributed by atoms with van der Waals surface area (Å²) in [5, 5.41) is 9.26. The molecule has 21 heavy (non-hydrogen) atoms. The van der Waals surface area contributed by atoms with Crippen LogP contribution in [0.15, 0.2) is 18.2 Å². The Kier molecular flexibility index (Phi) is 3.36. The normalized spacial score (nSPS) is 23.7. The molecule has 1 aromatic carbocycles. The summed E-state index contributed by atoms with van der Waals surface area (Å²) in [7, 11) is -0.387. The Labute approximate surface area is 126 Å². The molecule has 2 aliphatic heterocycles. The first kappa shape index (κ1) is 14.6. The van der Waals surface area contributed by atoms with Crippen LogP contribution in [-0.2, 0) is 14.0 Å². The van der Waals surface area contributed by atoms with Crippen LogP contribution in [0.3, 0.4) is 0 Å². The summed E-state index contributed by atoms with van der Waals surface area (Å²) < 4.78 is 17.4. The zero-order valence-electron chi connectivity index (χ0n) is 13.0. The monoisotopic (exact) mass is 285 g/mol. The molecule has 0 amide bonds. The molecule has 0 spiro atoms. The molecular formula is C16H20BNO3. The number of hydrogen-bond acceptors (Lipinski definition) is 4. The zero-order chi connectivity index (χ0) is 15.3. The van der Waals surface area contributed by atoms with Crippen LogP contribution < -0.4 is 5.46 Å². The van der Waals surface area contributed by atoms with Gasteiger partial charge < -0.3 is 14.0 Å². The first-order valence-electron chi connectivity index (χ1n) is 7.31. The van der Waals surface area contributed by atoms with Crippen molar-refractivity contribution in [3.8, 4) is 6.07 Å². The van der Waals surface area contributed by atoms with Crippen LogP contribution in [0, 0.1) is 11.3 Å². The van der Waals surface area contributed by atoms with Gasteiger partial charge in [0, 0.05) is 5.92 Å². The van der Waals surface area contributed by atoms with Crippen LogP contribution in [0.5, 0.6) is 0 Å². The molecule has 1 aromatic rings. The second-order valence-electron chi connectivity index (χ2n) is 6.78. The van der Waals surface area contributed by atoms with E-state index in [1.54, 1.807) is 0 Å². The predicted octanol–water partition coefficient (Wildman–Crippen LogP) is 1.97. The lowest BCUT2D eigenvalue weighted by Gasteiger charge is -2.32. The summed E-state index contributed by atoms with van der Waals surface area (Å²) in [5.74, 6) is 0.307. The second-order valence-corrected chi connectivity index (χ2v) is 6.78. The number of benzene rings is 1. The van der Waals surface area contributed by atoms with E-state index in [0.29, 0.717) is 24.7 Å². The average molecular weight is 285 g/mol. The Hall–Kier alpha value is -1.35. The Balaban J connectivity index is 1.92. The third-order valence-corrected chi connectivity index (χ3v) is 4.80. The maximum atomic E-state index is 9.26. The van der Waals surface area contributed by atoms with Gasteiger partial charge in [-0.2, -0.15) is 5.26 Å². The van der Waals surface area contributed by atoms with Gasteiger partial charge in [-0.05, 0) is 44.8 Å².